The van der Waals surface area contributed by atoms with Crippen LogP contribution in [0.5, 0.6) is 5.75 Å². The quantitative estimate of drug-likeness (QED) is 0.758. The number of aromatic nitrogens is 1. The van der Waals surface area contributed by atoms with Gasteiger partial charge in [0.15, 0.2) is 0 Å². The average Bonchev–Trinajstić information content (AvgIpc) is 2.67. The highest BCUT2D eigenvalue weighted by molar-refractivity contribution is 7.89. The van der Waals surface area contributed by atoms with Crippen LogP contribution in [-0.2, 0) is 16.6 Å². The van der Waals surface area contributed by atoms with Gasteiger partial charge in [-0.05, 0) is 36.8 Å². The van der Waals surface area contributed by atoms with Gasteiger partial charge in [-0.2, -0.15) is 4.31 Å². The van der Waals surface area contributed by atoms with Crippen LogP contribution in [-0.4, -0.2) is 61.4 Å². The molecule has 0 saturated carbocycles. The third-order valence-corrected chi connectivity index (χ3v) is 6.47. The topological polar surface area (TPSA) is 91.8 Å². The van der Waals surface area contributed by atoms with Gasteiger partial charge in [0.1, 0.15) is 5.75 Å². The number of methoxy groups -OCH3 is 1. The summed E-state index contributed by atoms with van der Waals surface area (Å²) in [6.45, 7) is 3.25. The number of carbonyl (C=O) groups is 1. The third-order valence-electron chi connectivity index (χ3n) is 4.64. The molecule has 0 radical (unpaired) electrons. The first-order chi connectivity index (χ1) is 13.5. The van der Waals surface area contributed by atoms with Gasteiger partial charge in [0, 0.05) is 44.6 Å². The molecule has 0 unspecified atom stereocenters. The number of pyridine rings is 1. The van der Waals surface area contributed by atoms with Crippen molar-refractivity contribution in [3.05, 3.63) is 54.4 Å². The molecule has 1 saturated heterocycles. The lowest BCUT2D eigenvalue weighted by Crippen LogP contribution is -2.63. The summed E-state index contributed by atoms with van der Waals surface area (Å²) in [6, 6.07) is 9.68. The number of nitrogens with zero attached hydrogens (tertiary/aromatic N) is 3. The van der Waals surface area contributed by atoms with Crippen LogP contribution in [0.25, 0.3) is 0 Å². The van der Waals surface area contributed by atoms with Gasteiger partial charge in [-0.3, -0.25) is 4.98 Å². The number of sulfonamides is 1. The normalized spacial score (nSPS) is 14.9. The van der Waals surface area contributed by atoms with E-state index in [4.69, 9.17) is 4.74 Å². The van der Waals surface area contributed by atoms with Crippen LogP contribution in [0.3, 0.4) is 0 Å². The summed E-state index contributed by atoms with van der Waals surface area (Å²) in [7, 11) is -2.13. The van der Waals surface area contributed by atoms with E-state index in [-0.39, 0.29) is 30.1 Å². The van der Waals surface area contributed by atoms with Gasteiger partial charge in [0.25, 0.3) is 0 Å². The van der Waals surface area contributed by atoms with E-state index in [1.165, 1.54) is 17.5 Å². The van der Waals surface area contributed by atoms with Crippen LogP contribution < -0.4 is 10.1 Å². The van der Waals surface area contributed by atoms with Crippen molar-refractivity contribution < 1.29 is 17.9 Å². The minimum atomic E-state index is -3.63. The van der Waals surface area contributed by atoms with E-state index in [1.807, 2.05) is 19.1 Å². The zero-order chi connectivity index (χ0) is 20.1. The summed E-state index contributed by atoms with van der Waals surface area (Å²) in [6.07, 6.45) is 3.34. The highest BCUT2D eigenvalue weighted by Gasteiger charge is 2.41. The van der Waals surface area contributed by atoms with Crippen molar-refractivity contribution in [2.45, 2.75) is 24.4 Å². The number of ether oxygens (including phenoxy) is 1. The summed E-state index contributed by atoms with van der Waals surface area (Å²) in [5, 5.41) is 2.80. The molecule has 1 aliphatic heterocycles. The second-order valence-electron chi connectivity index (χ2n) is 6.47. The molecule has 3 rings (SSSR count). The smallest absolute Gasteiger partial charge is 0.318 e. The number of urea groups is 1. The molecule has 1 aliphatic rings. The van der Waals surface area contributed by atoms with Crippen LogP contribution in [0.15, 0.2) is 53.7 Å². The molecule has 8 nitrogen and oxygen atoms in total. The van der Waals surface area contributed by atoms with Gasteiger partial charge >= 0.3 is 6.03 Å². The number of amides is 2. The molecule has 150 valence electrons. The summed E-state index contributed by atoms with van der Waals surface area (Å²) in [5.41, 5.74) is 0.940. The highest BCUT2D eigenvalue weighted by Crippen LogP contribution is 2.27. The Labute approximate surface area is 165 Å². The number of nitrogens with one attached hydrogen (secondary N) is 1. The van der Waals surface area contributed by atoms with Gasteiger partial charge < -0.3 is 15.0 Å². The van der Waals surface area contributed by atoms with E-state index in [0.29, 0.717) is 18.8 Å². The van der Waals surface area contributed by atoms with Crippen LogP contribution in [0.1, 0.15) is 12.5 Å². The zero-order valence-electron chi connectivity index (χ0n) is 15.9. The fourth-order valence-corrected chi connectivity index (χ4v) is 4.58. The Kier molecular flexibility index (Phi) is 6.15. The predicted molar refractivity (Wildman–Crippen MR) is 104 cm³/mol. The molecule has 2 amide bonds. The van der Waals surface area contributed by atoms with Crippen molar-refractivity contribution in [2.24, 2.45) is 0 Å². The van der Waals surface area contributed by atoms with Gasteiger partial charge in [0.05, 0.1) is 18.0 Å². The van der Waals surface area contributed by atoms with Crippen LogP contribution in [0, 0.1) is 0 Å². The predicted octanol–water partition coefficient (Wildman–Crippen LogP) is 1.69. The van der Waals surface area contributed by atoms with Crippen molar-refractivity contribution in [1.82, 2.24) is 19.5 Å². The molecule has 0 aliphatic carbocycles. The first-order valence-electron chi connectivity index (χ1n) is 9.03. The van der Waals surface area contributed by atoms with Crippen LogP contribution in [0.2, 0.25) is 0 Å². The molecule has 0 spiro atoms. The number of benzene rings is 1. The summed E-state index contributed by atoms with van der Waals surface area (Å²) < 4.78 is 32.2. The Morgan fingerprint density at radius 1 is 1.29 bits per heavy atom. The molecule has 0 atom stereocenters. The highest BCUT2D eigenvalue weighted by atomic mass is 32.2. The molecule has 2 heterocycles. The van der Waals surface area contributed by atoms with Crippen molar-refractivity contribution in [3.8, 4) is 5.75 Å². The van der Waals surface area contributed by atoms with E-state index in [0.717, 1.165) is 5.56 Å². The Morgan fingerprint density at radius 3 is 2.64 bits per heavy atom. The van der Waals surface area contributed by atoms with Crippen molar-refractivity contribution in [1.29, 1.82) is 0 Å². The van der Waals surface area contributed by atoms with Gasteiger partial charge in [0.2, 0.25) is 10.0 Å². The van der Waals surface area contributed by atoms with E-state index in [2.05, 4.69) is 10.3 Å². The molecule has 9 heteroatoms. The molecule has 2 aromatic rings. The second kappa shape index (κ2) is 8.57. The van der Waals surface area contributed by atoms with E-state index >= 15 is 0 Å². The minimum Gasteiger partial charge on any atom is -0.497 e. The van der Waals surface area contributed by atoms with Gasteiger partial charge in [-0.25, -0.2) is 13.2 Å². The van der Waals surface area contributed by atoms with Crippen LogP contribution >= 0.6 is 0 Å². The molecule has 1 aromatic carbocycles. The van der Waals surface area contributed by atoms with Crippen molar-refractivity contribution in [3.63, 3.8) is 0 Å². The second-order valence-corrected chi connectivity index (χ2v) is 8.41. The largest absolute Gasteiger partial charge is 0.497 e. The summed E-state index contributed by atoms with van der Waals surface area (Å²) in [5.74, 6) is 0.486. The van der Waals surface area contributed by atoms with Crippen molar-refractivity contribution in [2.75, 3.05) is 26.7 Å². The van der Waals surface area contributed by atoms with E-state index in [9.17, 15) is 13.2 Å². The third kappa shape index (κ3) is 4.26. The monoisotopic (exact) mass is 404 g/mol. The van der Waals surface area contributed by atoms with E-state index in [1.54, 1.807) is 35.5 Å². The SMILES string of the molecule is CCNC(=O)N(Cc1ccncc1)C1CN(S(=O)(=O)c2cccc(OC)c2)C1. The number of hydrogen-bond acceptors (Lipinski definition) is 5. The lowest BCUT2D eigenvalue weighted by Gasteiger charge is -2.44. The maximum atomic E-state index is 12.8. The van der Waals surface area contributed by atoms with Gasteiger partial charge in [-0.1, -0.05) is 6.07 Å². The Bertz CT molecular complexity index is 915. The van der Waals surface area contributed by atoms with Crippen molar-refractivity contribution >= 4 is 16.1 Å². The summed E-state index contributed by atoms with van der Waals surface area (Å²) in [4.78, 5) is 18.4. The fraction of sp³-hybridized carbons (Fsp3) is 0.368. The molecule has 1 fully saturated rings. The summed E-state index contributed by atoms with van der Waals surface area (Å²) >= 11 is 0. The molecule has 1 aromatic heterocycles. The Morgan fingerprint density at radius 2 is 2.00 bits per heavy atom. The fourth-order valence-electron chi connectivity index (χ4n) is 3.03. The average molecular weight is 404 g/mol. The maximum Gasteiger partial charge on any atom is 0.318 e. The lowest BCUT2D eigenvalue weighted by molar-refractivity contribution is 0.102. The molecule has 0 bridgehead atoms. The number of rotatable bonds is 7. The van der Waals surface area contributed by atoms with Gasteiger partial charge in [-0.15, -0.1) is 0 Å². The lowest BCUT2D eigenvalue weighted by atomic mass is 10.1. The molecule has 28 heavy (non-hydrogen) atoms. The number of hydrogen-bond donors (Lipinski definition) is 1. The molecular formula is C19H24N4O4S. The Hall–Kier alpha value is -2.65. The molecular weight excluding hydrogens is 380 g/mol. The first kappa shape index (κ1) is 20.1. The van der Waals surface area contributed by atoms with Crippen LogP contribution in [0.4, 0.5) is 4.79 Å². The maximum absolute atomic E-state index is 12.8. The zero-order valence-corrected chi connectivity index (χ0v) is 16.7. The standard InChI is InChI=1S/C19H24N4O4S/c1-3-21-19(24)23(12-15-7-9-20-10-8-15)16-13-22(14-16)28(25,26)18-6-4-5-17(11-18)27-2/h4-11,16H,3,12-14H2,1-2H3,(H,21,24). The first-order valence-corrected chi connectivity index (χ1v) is 10.5. The molecule has 1 N–H and O–H groups in total. The van der Waals surface area contributed by atoms with E-state index < -0.39 is 10.0 Å². The Balaban J connectivity index is 1.72. The minimum absolute atomic E-state index is 0.184. The number of carbonyl (C=O) groups excluding carboxylic acids is 1.